The number of carbonyl (C=O) groups is 2. The molecule has 6 nitrogen and oxygen atoms in total. The van der Waals surface area contributed by atoms with Gasteiger partial charge in [-0.1, -0.05) is 71.3 Å². The molecule has 0 aliphatic carbocycles. The van der Waals surface area contributed by atoms with Crippen molar-refractivity contribution in [3.63, 3.8) is 0 Å². The van der Waals surface area contributed by atoms with Crippen molar-refractivity contribution >= 4 is 47.0 Å². The summed E-state index contributed by atoms with van der Waals surface area (Å²) in [5.74, 6) is -0.823. The number of phenols is 1. The monoisotopic (exact) mass is 537 g/mol. The van der Waals surface area contributed by atoms with Gasteiger partial charge >= 0.3 is 0 Å². The summed E-state index contributed by atoms with van der Waals surface area (Å²) >= 11 is 7.59. The molecule has 1 heterocycles. The smallest absolute Gasteiger partial charge is 0.287 e. The lowest BCUT2D eigenvalue weighted by Gasteiger charge is -2.27. The molecule has 0 bridgehead atoms. The third-order valence-corrected chi connectivity index (χ3v) is 6.72. The number of amides is 2. The van der Waals surface area contributed by atoms with Crippen LogP contribution in [0.2, 0.25) is 5.02 Å². The first kappa shape index (κ1) is 28.2. The van der Waals surface area contributed by atoms with E-state index < -0.39 is 11.8 Å². The van der Waals surface area contributed by atoms with Gasteiger partial charge in [0.2, 0.25) is 0 Å². The summed E-state index contributed by atoms with van der Waals surface area (Å²) in [6.45, 7) is 12.2. The zero-order valence-corrected chi connectivity index (χ0v) is 23.4. The number of hydrogen-bond donors (Lipinski definition) is 3. The molecule has 0 atom stereocenters. The van der Waals surface area contributed by atoms with Crippen LogP contribution in [0.4, 0.5) is 0 Å². The molecular weight excluding hydrogens is 506 g/mol. The van der Waals surface area contributed by atoms with E-state index in [1.165, 1.54) is 17.6 Å². The van der Waals surface area contributed by atoms with Crippen molar-refractivity contribution in [1.29, 1.82) is 0 Å². The van der Waals surface area contributed by atoms with Gasteiger partial charge in [-0.05, 0) is 58.2 Å². The summed E-state index contributed by atoms with van der Waals surface area (Å²) in [6, 6.07) is 14.0. The standard InChI is InChI=1S/C29H32ClN3O3S/c1-28(2,3)21-14-18(15-22(25(21)34)29(4,5)6)17-31-33-27(36)24(16-19-10-9-13-37-19)32-26(35)20-11-7-8-12-23(20)30/h7-17,34H,1-6H3,(H,32,35)(H,33,36)/b24-16-,31-17-. The number of benzene rings is 2. The van der Waals surface area contributed by atoms with Crippen molar-refractivity contribution in [2.24, 2.45) is 5.10 Å². The van der Waals surface area contributed by atoms with Crippen LogP contribution in [0.3, 0.4) is 0 Å². The molecule has 8 heteroatoms. The first-order valence-corrected chi connectivity index (χ1v) is 13.1. The second-order valence-electron chi connectivity index (χ2n) is 10.7. The van der Waals surface area contributed by atoms with Gasteiger partial charge in [-0.3, -0.25) is 9.59 Å². The molecule has 0 aliphatic rings. The van der Waals surface area contributed by atoms with Crippen molar-refractivity contribution in [3.8, 4) is 5.75 Å². The van der Waals surface area contributed by atoms with Gasteiger partial charge in [0.15, 0.2) is 0 Å². The highest BCUT2D eigenvalue weighted by atomic mass is 35.5. The minimum absolute atomic E-state index is 0.0287. The summed E-state index contributed by atoms with van der Waals surface area (Å²) in [5, 5.41) is 19.9. The lowest BCUT2D eigenvalue weighted by atomic mass is 9.78. The number of halogens is 1. The Kier molecular flexibility index (Phi) is 8.61. The fourth-order valence-electron chi connectivity index (χ4n) is 3.61. The number of nitrogens with zero attached hydrogens (tertiary/aromatic N) is 1. The van der Waals surface area contributed by atoms with Crippen LogP contribution < -0.4 is 10.7 Å². The van der Waals surface area contributed by atoms with Crippen LogP contribution in [-0.2, 0) is 15.6 Å². The Bertz CT molecular complexity index is 1310. The first-order chi connectivity index (χ1) is 17.3. The Morgan fingerprint density at radius 2 is 1.59 bits per heavy atom. The summed E-state index contributed by atoms with van der Waals surface area (Å²) in [4.78, 5) is 26.7. The Morgan fingerprint density at radius 3 is 2.14 bits per heavy atom. The van der Waals surface area contributed by atoms with E-state index in [1.807, 2.05) is 71.2 Å². The van der Waals surface area contributed by atoms with Crippen molar-refractivity contribution in [3.05, 3.63) is 91.8 Å². The van der Waals surface area contributed by atoms with E-state index >= 15 is 0 Å². The number of aromatic hydroxyl groups is 1. The highest BCUT2D eigenvalue weighted by Crippen LogP contribution is 2.39. The molecule has 2 amide bonds. The highest BCUT2D eigenvalue weighted by Gasteiger charge is 2.26. The molecule has 0 saturated carbocycles. The molecule has 3 rings (SSSR count). The molecule has 0 radical (unpaired) electrons. The molecule has 2 aromatic carbocycles. The van der Waals surface area contributed by atoms with Crippen molar-refractivity contribution in [1.82, 2.24) is 10.7 Å². The second kappa shape index (κ2) is 11.3. The molecule has 3 N–H and O–H groups in total. The fourth-order valence-corrected chi connectivity index (χ4v) is 4.49. The largest absolute Gasteiger partial charge is 0.507 e. The van der Waals surface area contributed by atoms with E-state index in [4.69, 9.17) is 11.6 Å². The Hall–Kier alpha value is -3.42. The van der Waals surface area contributed by atoms with E-state index in [-0.39, 0.29) is 32.9 Å². The molecule has 194 valence electrons. The van der Waals surface area contributed by atoms with E-state index in [1.54, 1.807) is 30.3 Å². The maximum Gasteiger partial charge on any atom is 0.287 e. The molecule has 0 fully saturated rings. The van der Waals surface area contributed by atoms with Gasteiger partial charge in [-0.25, -0.2) is 5.43 Å². The molecular formula is C29H32ClN3O3S. The lowest BCUT2D eigenvalue weighted by molar-refractivity contribution is -0.117. The Balaban J connectivity index is 1.88. The van der Waals surface area contributed by atoms with Gasteiger partial charge in [0.1, 0.15) is 11.4 Å². The van der Waals surface area contributed by atoms with Gasteiger partial charge < -0.3 is 10.4 Å². The SMILES string of the molecule is CC(C)(C)c1cc(/C=N\NC(=O)/C(=C/c2cccs2)NC(=O)c2ccccc2Cl)cc(C(C)(C)C)c1O. The van der Waals surface area contributed by atoms with E-state index in [2.05, 4.69) is 15.8 Å². The lowest BCUT2D eigenvalue weighted by Crippen LogP contribution is -2.33. The molecule has 1 aromatic heterocycles. The number of thiophene rings is 1. The third-order valence-electron chi connectivity index (χ3n) is 5.57. The molecule has 0 unspecified atom stereocenters. The van der Waals surface area contributed by atoms with Crippen LogP contribution in [0.15, 0.2) is 64.7 Å². The zero-order chi connectivity index (χ0) is 27.4. The fraction of sp³-hybridized carbons (Fsp3) is 0.276. The van der Waals surface area contributed by atoms with Crippen LogP contribution in [-0.4, -0.2) is 23.1 Å². The summed E-state index contributed by atoms with van der Waals surface area (Å²) in [6.07, 6.45) is 3.11. The molecule has 0 spiro atoms. The first-order valence-electron chi connectivity index (χ1n) is 11.8. The normalized spacial score (nSPS) is 12.6. The number of hydrazone groups is 1. The summed E-state index contributed by atoms with van der Waals surface area (Å²) in [7, 11) is 0. The molecule has 37 heavy (non-hydrogen) atoms. The van der Waals surface area contributed by atoms with Crippen LogP contribution in [0, 0.1) is 0 Å². The van der Waals surface area contributed by atoms with Gasteiger partial charge in [0.05, 0.1) is 16.8 Å². The van der Waals surface area contributed by atoms with Crippen molar-refractivity contribution in [2.45, 2.75) is 52.4 Å². The number of carbonyl (C=O) groups excluding carboxylic acids is 2. The van der Waals surface area contributed by atoms with Crippen LogP contribution in [0.5, 0.6) is 5.75 Å². The quantitative estimate of drug-likeness (QED) is 0.187. The van der Waals surface area contributed by atoms with E-state index in [0.717, 1.165) is 21.6 Å². The maximum absolute atomic E-state index is 13.0. The molecule has 0 saturated heterocycles. The zero-order valence-electron chi connectivity index (χ0n) is 21.8. The molecule has 0 aliphatic heterocycles. The average molecular weight is 538 g/mol. The van der Waals surface area contributed by atoms with E-state index in [0.29, 0.717) is 0 Å². The molecule has 3 aromatic rings. The average Bonchev–Trinajstić information content (AvgIpc) is 3.31. The van der Waals surface area contributed by atoms with Gasteiger partial charge in [-0.15, -0.1) is 11.3 Å². The number of phenolic OH excluding ortho intramolecular Hbond substituents is 1. The van der Waals surface area contributed by atoms with Gasteiger partial charge in [0.25, 0.3) is 11.8 Å². The Labute approximate surface area is 227 Å². The topological polar surface area (TPSA) is 90.8 Å². The third kappa shape index (κ3) is 7.31. The minimum Gasteiger partial charge on any atom is -0.507 e. The van der Waals surface area contributed by atoms with E-state index in [9.17, 15) is 14.7 Å². The number of rotatable bonds is 6. The van der Waals surface area contributed by atoms with Crippen molar-refractivity contribution in [2.75, 3.05) is 0 Å². The second-order valence-corrected chi connectivity index (χ2v) is 12.1. The predicted octanol–water partition coefficient (Wildman–Crippen LogP) is 6.62. The highest BCUT2D eigenvalue weighted by molar-refractivity contribution is 7.10. The Morgan fingerprint density at radius 1 is 0.973 bits per heavy atom. The predicted molar refractivity (Wildman–Crippen MR) is 152 cm³/mol. The minimum atomic E-state index is -0.587. The van der Waals surface area contributed by atoms with Gasteiger partial charge in [-0.2, -0.15) is 5.10 Å². The van der Waals surface area contributed by atoms with Crippen LogP contribution >= 0.6 is 22.9 Å². The maximum atomic E-state index is 13.0. The van der Waals surface area contributed by atoms with Crippen molar-refractivity contribution < 1.29 is 14.7 Å². The van der Waals surface area contributed by atoms with Crippen LogP contribution in [0.1, 0.15) is 73.5 Å². The number of nitrogens with one attached hydrogen (secondary N) is 2. The van der Waals surface area contributed by atoms with Crippen LogP contribution in [0.25, 0.3) is 6.08 Å². The summed E-state index contributed by atoms with van der Waals surface area (Å²) in [5.41, 5.74) is 4.51. The van der Waals surface area contributed by atoms with Gasteiger partial charge in [0, 0.05) is 16.0 Å². The summed E-state index contributed by atoms with van der Waals surface area (Å²) < 4.78 is 0. The number of hydrogen-bond acceptors (Lipinski definition) is 5.